The summed E-state index contributed by atoms with van der Waals surface area (Å²) in [5.74, 6) is 1.81. The fourth-order valence-electron chi connectivity index (χ4n) is 3.71. The predicted octanol–water partition coefficient (Wildman–Crippen LogP) is 6.02. The van der Waals surface area contributed by atoms with Crippen LogP contribution < -0.4 is 9.47 Å². The molecule has 0 bridgehead atoms. The molecule has 4 aromatic rings. The molecule has 0 saturated heterocycles. The van der Waals surface area contributed by atoms with Gasteiger partial charge in [0.05, 0.1) is 0 Å². The second-order valence-electron chi connectivity index (χ2n) is 7.83. The zero-order chi connectivity index (χ0) is 22.9. The Morgan fingerprint density at radius 1 is 0.576 bits per heavy atom. The minimum atomic E-state index is 0.0560. The van der Waals surface area contributed by atoms with E-state index in [0.717, 1.165) is 32.9 Å². The summed E-state index contributed by atoms with van der Waals surface area (Å²) < 4.78 is 23.7. The third-order valence-electron chi connectivity index (χ3n) is 5.62. The van der Waals surface area contributed by atoms with Crippen LogP contribution in [0.2, 0.25) is 10.6 Å². The number of methoxy groups -OCH3 is 2. The molecule has 2 atom stereocenters. The summed E-state index contributed by atoms with van der Waals surface area (Å²) in [5, 5.41) is 6.55. The van der Waals surface area contributed by atoms with Gasteiger partial charge in [0, 0.05) is 0 Å². The van der Waals surface area contributed by atoms with Crippen molar-refractivity contribution in [2.75, 3.05) is 27.4 Å². The molecule has 4 aromatic carbocycles. The normalized spacial score (nSPS) is 13.2. The second-order valence-corrected chi connectivity index (χ2v) is 10.1. The van der Waals surface area contributed by atoms with Crippen molar-refractivity contribution in [2.24, 2.45) is 0 Å². The molecule has 4 nitrogen and oxygen atoms in total. The summed E-state index contributed by atoms with van der Waals surface area (Å²) >= 11 is 0.353. The van der Waals surface area contributed by atoms with Gasteiger partial charge in [-0.3, -0.25) is 0 Å². The van der Waals surface area contributed by atoms with Crippen LogP contribution in [0.1, 0.15) is 0 Å². The van der Waals surface area contributed by atoms with Crippen LogP contribution in [0.25, 0.3) is 21.5 Å². The van der Waals surface area contributed by atoms with Crippen molar-refractivity contribution in [1.82, 2.24) is 0 Å². The third kappa shape index (κ3) is 6.27. The number of hydrogen-bond donors (Lipinski definition) is 0. The van der Waals surface area contributed by atoms with Crippen LogP contribution in [-0.2, 0) is 9.47 Å². The standard InChI is InChI=1S/C28H30O4Se/c1-29-23(17-31-27-15-7-11-21-9-3-5-13-25(21)27)19-33-20-24(30-2)18-32-28-16-8-12-22-10-4-6-14-26(22)28/h3-16,23-24H,17-20H2,1-2H3. The fourth-order valence-corrected chi connectivity index (χ4v) is 6.07. The Balaban J connectivity index is 1.25. The quantitative estimate of drug-likeness (QED) is 0.219. The van der Waals surface area contributed by atoms with Gasteiger partial charge in [0.2, 0.25) is 0 Å². The molecule has 0 aliphatic carbocycles. The van der Waals surface area contributed by atoms with Gasteiger partial charge in [0.15, 0.2) is 0 Å². The first-order valence-corrected chi connectivity index (χ1v) is 13.5. The van der Waals surface area contributed by atoms with Crippen molar-refractivity contribution < 1.29 is 18.9 Å². The number of rotatable bonds is 12. The molecule has 4 rings (SSSR count). The molecule has 0 N–H and O–H groups in total. The van der Waals surface area contributed by atoms with Crippen LogP contribution in [0, 0.1) is 0 Å². The zero-order valence-electron chi connectivity index (χ0n) is 19.1. The average molecular weight is 510 g/mol. The second kappa shape index (κ2) is 12.1. The summed E-state index contributed by atoms with van der Waals surface area (Å²) in [5.41, 5.74) is 0. The van der Waals surface area contributed by atoms with E-state index in [9.17, 15) is 0 Å². The molecule has 5 heteroatoms. The Bertz CT molecular complexity index is 1060. The van der Waals surface area contributed by atoms with Crippen molar-refractivity contribution in [1.29, 1.82) is 0 Å². The van der Waals surface area contributed by atoms with E-state index in [2.05, 4.69) is 36.4 Å². The molecule has 0 aliphatic heterocycles. The maximum atomic E-state index is 6.13. The first-order valence-electron chi connectivity index (χ1n) is 11.1. The molecule has 0 heterocycles. The van der Waals surface area contributed by atoms with Gasteiger partial charge in [-0.05, 0) is 0 Å². The number of benzene rings is 4. The molecule has 0 aromatic heterocycles. The molecule has 0 spiro atoms. The van der Waals surface area contributed by atoms with Crippen LogP contribution in [0.15, 0.2) is 84.9 Å². The zero-order valence-corrected chi connectivity index (χ0v) is 20.8. The summed E-state index contributed by atoms with van der Waals surface area (Å²) in [6, 6.07) is 28.9. The van der Waals surface area contributed by atoms with E-state index < -0.39 is 0 Å². The van der Waals surface area contributed by atoms with Crippen molar-refractivity contribution in [3.05, 3.63) is 84.9 Å². The molecule has 0 saturated carbocycles. The predicted molar refractivity (Wildman–Crippen MR) is 136 cm³/mol. The first-order chi connectivity index (χ1) is 16.3. The van der Waals surface area contributed by atoms with Gasteiger partial charge < -0.3 is 0 Å². The summed E-state index contributed by atoms with van der Waals surface area (Å²) in [4.78, 5) is 0. The maximum absolute atomic E-state index is 6.13. The monoisotopic (exact) mass is 510 g/mol. The van der Waals surface area contributed by atoms with E-state index in [1.165, 1.54) is 10.8 Å². The summed E-state index contributed by atoms with van der Waals surface area (Å²) in [6.07, 6.45) is 0.112. The van der Waals surface area contributed by atoms with Crippen molar-refractivity contribution in [3.8, 4) is 11.5 Å². The van der Waals surface area contributed by atoms with Crippen LogP contribution >= 0.6 is 0 Å². The van der Waals surface area contributed by atoms with Crippen LogP contribution in [0.5, 0.6) is 11.5 Å². The Labute approximate surface area is 202 Å². The van der Waals surface area contributed by atoms with Crippen LogP contribution in [-0.4, -0.2) is 54.6 Å². The molecular weight excluding hydrogens is 479 g/mol. The molecule has 2 unspecified atom stereocenters. The number of ether oxygens (including phenoxy) is 4. The van der Waals surface area contributed by atoms with Gasteiger partial charge in [0.25, 0.3) is 0 Å². The molecule has 172 valence electrons. The van der Waals surface area contributed by atoms with E-state index in [0.29, 0.717) is 28.2 Å². The average Bonchev–Trinajstić information content (AvgIpc) is 2.88. The van der Waals surface area contributed by atoms with Gasteiger partial charge >= 0.3 is 202 Å². The topological polar surface area (TPSA) is 36.9 Å². The third-order valence-corrected chi connectivity index (χ3v) is 8.17. The SMILES string of the molecule is COC(COc1cccc2ccccc12)C[Se]CC(COc1cccc2ccccc12)OC. The van der Waals surface area contributed by atoms with E-state index in [1.54, 1.807) is 14.2 Å². The van der Waals surface area contributed by atoms with Crippen molar-refractivity contribution in [3.63, 3.8) is 0 Å². The Morgan fingerprint density at radius 2 is 1.00 bits per heavy atom. The van der Waals surface area contributed by atoms with Crippen molar-refractivity contribution in [2.45, 2.75) is 22.8 Å². The van der Waals surface area contributed by atoms with Gasteiger partial charge in [-0.1, -0.05) is 0 Å². The van der Waals surface area contributed by atoms with Gasteiger partial charge in [-0.2, -0.15) is 0 Å². The number of fused-ring (bicyclic) bond motifs is 2. The molecule has 0 fully saturated rings. The summed E-state index contributed by atoms with van der Waals surface area (Å²) in [7, 11) is 3.51. The van der Waals surface area contributed by atoms with Gasteiger partial charge in [0.1, 0.15) is 0 Å². The minimum absolute atomic E-state index is 0.0560. The Hall–Kier alpha value is -2.56. The number of hydrogen-bond acceptors (Lipinski definition) is 4. The Morgan fingerprint density at radius 3 is 1.45 bits per heavy atom. The fraction of sp³-hybridized carbons (Fsp3) is 0.286. The Kier molecular flexibility index (Phi) is 8.62. The van der Waals surface area contributed by atoms with Gasteiger partial charge in [-0.25, -0.2) is 0 Å². The summed E-state index contributed by atoms with van der Waals surface area (Å²) in [6.45, 7) is 1.08. The van der Waals surface area contributed by atoms with E-state index in [4.69, 9.17) is 18.9 Å². The van der Waals surface area contributed by atoms with Crippen molar-refractivity contribution >= 4 is 36.5 Å². The first kappa shape index (κ1) is 23.6. The molecule has 0 aliphatic rings. The van der Waals surface area contributed by atoms with E-state index >= 15 is 0 Å². The van der Waals surface area contributed by atoms with Gasteiger partial charge in [-0.15, -0.1) is 0 Å². The molecule has 33 heavy (non-hydrogen) atoms. The molecule has 0 radical (unpaired) electrons. The van der Waals surface area contributed by atoms with Crippen LogP contribution in [0.3, 0.4) is 0 Å². The van der Waals surface area contributed by atoms with Crippen LogP contribution in [0.4, 0.5) is 0 Å². The van der Waals surface area contributed by atoms with E-state index in [1.807, 2.05) is 48.5 Å². The van der Waals surface area contributed by atoms with E-state index in [-0.39, 0.29) is 12.2 Å². The molecular formula is C28H30O4Se. The molecule has 0 amide bonds.